The lowest BCUT2D eigenvalue weighted by Gasteiger charge is -2.50. The average molecular weight is 520 g/mol. The lowest BCUT2D eigenvalue weighted by Crippen LogP contribution is -2.60. The van der Waals surface area contributed by atoms with Crippen molar-refractivity contribution < 1.29 is 9.59 Å². The first-order valence-corrected chi connectivity index (χ1v) is 15.0. The number of imide groups is 1. The zero-order valence-corrected chi connectivity index (χ0v) is 23.6. The maximum Gasteiger partial charge on any atom is 0.249 e. The van der Waals surface area contributed by atoms with Crippen molar-refractivity contribution in [1.29, 1.82) is 0 Å². The molecular weight excluding hydrogens is 474 g/mol. The van der Waals surface area contributed by atoms with Gasteiger partial charge in [-0.1, -0.05) is 33.3 Å². The largest absolute Gasteiger partial charge is 0.371 e. The van der Waals surface area contributed by atoms with Crippen LogP contribution in [0.15, 0.2) is 18.7 Å². The number of nitrogens with one attached hydrogen (secondary N) is 1. The summed E-state index contributed by atoms with van der Waals surface area (Å²) < 4.78 is 0. The summed E-state index contributed by atoms with van der Waals surface area (Å²) in [7, 11) is 2.22. The van der Waals surface area contributed by atoms with Crippen molar-refractivity contribution >= 4 is 28.9 Å². The number of hydrogen-bond donors (Lipinski definition) is 1. The summed E-state index contributed by atoms with van der Waals surface area (Å²) in [5.41, 5.74) is 6.50. The molecule has 7 heteroatoms. The monoisotopic (exact) mass is 519 g/mol. The second-order valence-corrected chi connectivity index (χ2v) is 12.7. The summed E-state index contributed by atoms with van der Waals surface area (Å²) >= 11 is 0. The highest BCUT2D eigenvalue weighted by atomic mass is 16.2. The van der Waals surface area contributed by atoms with Gasteiger partial charge in [-0.2, -0.15) is 0 Å². The van der Waals surface area contributed by atoms with Gasteiger partial charge < -0.3 is 14.7 Å². The standard InChI is InChI=1S/C31H45N5O2/c1-5-31(6-2)11-9-22(10-12-31)17-34-13-14-35-24(20-34)19-33(4)27-16-25-21(3)36(18-23(25)15-28(27)35)26-7-8-29(37)32-30(26)38/h15-16,22,24,26H,3,5-14,17-20H2,1-2,4H3,(H,32,37,38)/t24-,26?/m1/s1. The Labute approximate surface area is 228 Å². The molecule has 206 valence electrons. The first-order valence-electron chi connectivity index (χ1n) is 15.0. The Hall–Kier alpha value is -2.54. The van der Waals surface area contributed by atoms with E-state index in [2.05, 4.69) is 64.5 Å². The van der Waals surface area contributed by atoms with Gasteiger partial charge in [0.15, 0.2) is 0 Å². The highest BCUT2D eigenvalue weighted by Crippen LogP contribution is 2.46. The minimum absolute atomic E-state index is 0.172. The molecular formula is C31H45N5O2. The van der Waals surface area contributed by atoms with E-state index in [0.717, 1.165) is 43.4 Å². The molecule has 1 aliphatic carbocycles. The second-order valence-electron chi connectivity index (χ2n) is 12.7. The molecule has 1 saturated carbocycles. The molecule has 4 heterocycles. The normalized spacial score (nSPS) is 27.8. The zero-order chi connectivity index (χ0) is 26.6. The van der Waals surface area contributed by atoms with E-state index in [1.165, 1.54) is 62.0 Å². The summed E-state index contributed by atoms with van der Waals surface area (Å²) in [4.78, 5) is 34.2. The van der Waals surface area contributed by atoms with Crippen molar-refractivity contribution in [2.24, 2.45) is 11.3 Å². The van der Waals surface area contributed by atoms with E-state index >= 15 is 0 Å². The number of amides is 2. The third kappa shape index (κ3) is 4.41. The Bertz CT molecular complexity index is 1120. The SMILES string of the molecule is C=C1c2cc3c(cc2CN1C1CCC(=O)NC1=O)N1CCN(CC2CCC(CC)(CC)CC2)C[C@H]1CN3C. The van der Waals surface area contributed by atoms with Gasteiger partial charge in [0.25, 0.3) is 0 Å². The van der Waals surface area contributed by atoms with Gasteiger partial charge in [-0.15, -0.1) is 0 Å². The van der Waals surface area contributed by atoms with Gasteiger partial charge in [0, 0.05) is 64.0 Å². The Morgan fingerprint density at radius 3 is 2.47 bits per heavy atom. The first kappa shape index (κ1) is 25.7. The molecule has 1 unspecified atom stereocenters. The lowest BCUT2D eigenvalue weighted by atomic mass is 9.67. The highest BCUT2D eigenvalue weighted by molar-refractivity contribution is 6.01. The van der Waals surface area contributed by atoms with Gasteiger partial charge in [-0.3, -0.25) is 19.8 Å². The Kier molecular flexibility index (Phi) is 6.69. The molecule has 7 nitrogen and oxygen atoms in total. The van der Waals surface area contributed by atoms with E-state index in [-0.39, 0.29) is 17.9 Å². The number of piperazine rings is 1. The molecule has 1 aromatic carbocycles. The summed E-state index contributed by atoms with van der Waals surface area (Å²) in [5, 5.41) is 2.51. The van der Waals surface area contributed by atoms with Crippen LogP contribution in [-0.4, -0.2) is 73.5 Å². The summed E-state index contributed by atoms with van der Waals surface area (Å²) in [6.07, 6.45) is 9.24. The molecule has 5 aliphatic rings. The van der Waals surface area contributed by atoms with Gasteiger partial charge in [0.1, 0.15) is 6.04 Å². The molecule has 3 fully saturated rings. The first-order chi connectivity index (χ1) is 18.3. The molecule has 1 aromatic rings. The fourth-order valence-corrected chi connectivity index (χ4v) is 8.03. The van der Waals surface area contributed by atoms with Crippen molar-refractivity contribution in [2.75, 3.05) is 49.6 Å². The summed E-state index contributed by atoms with van der Waals surface area (Å²) in [6, 6.07) is 4.83. The predicted octanol–water partition coefficient (Wildman–Crippen LogP) is 4.22. The van der Waals surface area contributed by atoms with Crippen LogP contribution < -0.4 is 15.1 Å². The van der Waals surface area contributed by atoms with Crippen LogP contribution in [0.5, 0.6) is 0 Å². The predicted molar refractivity (Wildman–Crippen MR) is 153 cm³/mol. The van der Waals surface area contributed by atoms with Crippen molar-refractivity contribution in [3.8, 4) is 0 Å². The molecule has 0 spiro atoms. The number of hydrogen-bond acceptors (Lipinski definition) is 6. The van der Waals surface area contributed by atoms with E-state index in [0.29, 0.717) is 30.8 Å². The van der Waals surface area contributed by atoms with Crippen molar-refractivity contribution in [1.82, 2.24) is 15.1 Å². The van der Waals surface area contributed by atoms with Crippen LogP contribution in [0.4, 0.5) is 11.4 Å². The topological polar surface area (TPSA) is 59.1 Å². The maximum atomic E-state index is 12.6. The van der Waals surface area contributed by atoms with Crippen molar-refractivity contribution in [3.63, 3.8) is 0 Å². The molecule has 2 saturated heterocycles. The van der Waals surface area contributed by atoms with E-state index in [9.17, 15) is 9.59 Å². The maximum absolute atomic E-state index is 12.6. The van der Waals surface area contributed by atoms with E-state index in [4.69, 9.17) is 0 Å². The zero-order valence-electron chi connectivity index (χ0n) is 23.6. The van der Waals surface area contributed by atoms with Gasteiger partial charge in [-0.25, -0.2) is 0 Å². The molecule has 2 amide bonds. The van der Waals surface area contributed by atoms with Crippen LogP contribution in [0.25, 0.3) is 5.70 Å². The highest BCUT2D eigenvalue weighted by Gasteiger charge is 2.40. The number of fused-ring (bicyclic) bond motifs is 4. The number of likely N-dealkylation sites (N-methyl/N-ethyl adjacent to an activating group) is 1. The number of rotatable bonds is 5. The van der Waals surface area contributed by atoms with Gasteiger partial charge in [0.05, 0.1) is 17.4 Å². The number of carbonyl (C=O) groups is 2. The minimum Gasteiger partial charge on any atom is -0.371 e. The Morgan fingerprint density at radius 1 is 1.00 bits per heavy atom. The van der Waals surface area contributed by atoms with Gasteiger partial charge >= 0.3 is 0 Å². The van der Waals surface area contributed by atoms with Gasteiger partial charge in [-0.05, 0) is 61.1 Å². The fraction of sp³-hybridized carbons (Fsp3) is 0.677. The lowest BCUT2D eigenvalue weighted by molar-refractivity contribution is -0.136. The minimum atomic E-state index is -0.321. The molecule has 4 aliphatic heterocycles. The van der Waals surface area contributed by atoms with E-state index in [1.54, 1.807) is 0 Å². The van der Waals surface area contributed by atoms with Crippen molar-refractivity contribution in [2.45, 2.75) is 83.8 Å². The molecule has 2 atom stereocenters. The third-order valence-electron chi connectivity index (χ3n) is 10.7. The smallest absolute Gasteiger partial charge is 0.249 e. The molecule has 0 bridgehead atoms. The Morgan fingerprint density at radius 2 is 1.76 bits per heavy atom. The Balaban J connectivity index is 1.14. The molecule has 38 heavy (non-hydrogen) atoms. The van der Waals surface area contributed by atoms with Crippen LogP contribution in [0.2, 0.25) is 0 Å². The van der Waals surface area contributed by atoms with Crippen LogP contribution >= 0.6 is 0 Å². The summed E-state index contributed by atoms with van der Waals surface area (Å²) in [6.45, 7) is 15.5. The van der Waals surface area contributed by atoms with Crippen LogP contribution in [0.1, 0.15) is 76.3 Å². The van der Waals surface area contributed by atoms with Crippen LogP contribution in [0, 0.1) is 11.3 Å². The number of benzene rings is 1. The van der Waals surface area contributed by atoms with Crippen LogP contribution in [-0.2, 0) is 16.1 Å². The summed E-state index contributed by atoms with van der Waals surface area (Å²) in [5.74, 6) is 0.490. The van der Waals surface area contributed by atoms with Crippen LogP contribution in [0.3, 0.4) is 0 Å². The van der Waals surface area contributed by atoms with Crippen molar-refractivity contribution in [3.05, 3.63) is 29.8 Å². The van der Waals surface area contributed by atoms with Gasteiger partial charge in [0.2, 0.25) is 11.8 Å². The quantitative estimate of drug-likeness (QED) is 0.588. The van der Waals surface area contributed by atoms with E-state index < -0.39 is 0 Å². The second kappa shape index (κ2) is 9.89. The molecule has 6 rings (SSSR count). The molecule has 1 N–H and O–H groups in total. The number of anilines is 2. The average Bonchev–Trinajstić information content (AvgIpc) is 3.23. The molecule has 0 radical (unpaired) electrons. The van der Waals surface area contributed by atoms with E-state index in [1.807, 2.05) is 0 Å². The number of piperidine rings is 1. The fourth-order valence-electron chi connectivity index (χ4n) is 8.03. The molecule has 0 aromatic heterocycles. The third-order valence-corrected chi connectivity index (χ3v) is 10.7. The number of nitrogens with zero attached hydrogens (tertiary/aromatic N) is 4. The number of carbonyl (C=O) groups excluding carboxylic acids is 2.